The number of carboxylic acid groups (broad SMARTS) is 2. The Kier molecular flexibility index (Phi) is 7.37. The number of fused-ring (bicyclic) bond motifs is 3. The van der Waals surface area contributed by atoms with Gasteiger partial charge in [-0.15, -0.1) is 0 Å². The minimum absolute atomic E-state index is 0.156. The fraction of sp³-hybridized carbons (Fsp3) is 0.409. The highest BCUT2D eigenvalue weighted by Crippen LogP contribution is 2.44. The van der Waals surface area contributed by atoms with Crippen LogP contribution in [0.5, 0.6) is 11.5 Å². The van der Waals surface area contributed by atoms with E-state index in [1.807, 2.05) is 13.0 Å². The number of ether oxygens (including phenoxy) is 2. The van der Waals surface area contributed by atoms with Crippen molar-refractivity contribution in [1.82, 2.24) is 9.97 Å². The van der Waals surface area contributed by atoms with Crippen molar-refractivity contribution < 1.29 is 34.4 Å². The Balaban J connectivity index is 0.000000427. The quantitative estimate of drug-likeness (QED) is 0.602. The number of aliphatic carboxylic acids is 2. The Labute approximate surface area is 184 Å². The number of carboxylic acids is 2. The number of methoxy groups -OCH3 is 1. The van der Waals surface area contributed by atoms with E-state index in [0.717, 1.165) is 47.4 Å². The lowest BCUT2D eigenvalue weighted by molar-refractivity contribution is -0.159. The van der Waals surface area contributed by atoms with Crippen LogP contribution in [0.15, 0.2) is 35.8 Å². The van der Waals surface area contributed by atoms with Gasteiger partial charge in [-0.05, 0) is 43.9 Å². The van der Waals surface area contributed by atoms with E-state index < -0.39 is 11.9 Å². The minimum Gasteiger partial charge on any atom is -0.493 e. The maximum Gasteiger partial charge on any atom is 0.414 e. The van der Waals surface area contributed by atoms with E-state index in [0.29, 0.717) is 12.4 Å². The van der Waals surface area contributed by atoms with E-state index in [9.17, 15) is 5.11 Å². The molecule has 2 aliphatic rings. The van der Waals surface area contributed by atoms with Crippen LogP contribution < -0.4 is 9.47 Å². The standard InChI is InChI=1S/C20H23N3O3.C2H2O4/c1-3-26-19-7-14-15-6-13(24)4-5-17(15)23-20(12-9-21-11-22-10-12)16(14)8-18(19)25-2;3-1(4)2(5)6/h7-11,13,15,17,24H,3-6H2,1-2H3;(H,3,4)(H,5,6)/t13-,15-,17-;/m1./s1. The molecule has 32 heavy (non-hydrogen) atoms. The van der Waals surface area contributed by atoms with Crippen molar-refractivity contribution in [3.63, 3.8) is 0 Å². The molecule has 4 rings (SSSR count). The van der Waals surface area contributed by atoms with E-state index in [2.05, 4.69) is 16.0 Å². The van der Waals surface area contributed by atoms with Gasteiger partial charge >= 0.3 is 11.9 Å². The Morgan fingerprint density at radius 2 is 1.78 bits per heavy atom. The third-order valence-corrected chi connectivity index (χ3v) is 5.39. The van der Waals surface area contributed by atoms with Crippen LogP contribution in [0, 0.1) is 0 Å². The highest BCUT2D eigenvalue weighted by atomic mass is 16.5. The molecule has 1 aliphatic heterocycles. The second-order valence-electron chi connectivity index (χ2n) is 7.38. The monoisotopic (exact) mass is 443 g/mol. The smallest absolute Gasteiger partial charge is 0.414 e. The molecule has 0 saturated heterocycles. The lowest BCUT2D eigenvalue weighted by Crippen LogP contribution is -2.34. The molecule has 3 atom stereocenters. The van der Waals surface area contributed by atoms with Gasteiger partial charge in [-0.1, -0.05) is 0 Å². The lowest BCUT2D eigenvalue weighted by Gasteiger charge is -2.37. The number of aliphatic imine (C=N–C) groups is 1. The molecule has 0 spiro atoms. The van der Waals surface area contributed by atoms with E-state index >= 15 is 0 Å². The summed E-state index contributed by atoms with van der Waals surface area (Å²) in [5, 5.41) is 25.0. The van der Waals surface area contributed by atoms with Crippen LogP contribution in [0.3, 0.4) is 0 Å². The molecule has 0 radical (unpaired) electrons. The summed E-state index contributed by atoms with van der Waals surface area (Å²) in [6.45, 7) is 2.53. The van der Waals surface area contributed by atoms with Gasteiger partial charge in [-0.25, -0.2) is 19.6 Å². The average Bonchev–Trinajstić information content (AvgIpc) is 2.79. The zero-order valence-electron chi connectivity index (χ0n) is 17.8. The minimum atomic E-state index is -1.82. The number of carbonyl (C=O) groups is 2. The zero-order valence-corrected chi connectivity index (χ0v) is 17.8. The van der Waals surface area contributed by atoms with E-state index in [4.69, 9.17) is 34.3 Å². The van der Waals surface area contributed by atoms with Gasteiger partial charge in [0.1, 0.15) is 6.33 Å². The van der Waals surface area contributed by atoms with Gasteiger partial charge in [-0.3, -0.25) is 4.99 Å². The fourth-order valence-electron chi connectivity index (χ4n) is 4.02. The molecule has 1 fully saturated rings. The van der Waals surface area contributed by atoms with Crippen LogP contribution in [0.25, 0.3) is 0 Å². The summed E-state index contributed by atoms with van der Waals surface area (Å²) in [5.41, 5.74) is 3.95. The van der Waals surface area contributed by atoms with Gasteiger partial charge in [0, 0.05) is 29.4 Å². The van der Waals surface area contributed by atoms with Gasteiger partial charge in [0.25, 0.3) is 0 Å². The van der Waals surface area contributed by atoms with Crippen LogP contribution in [-0.2, 0) is 9.59 Å². The van der Waals surface area contributed by atoms with Crippen LogP contribution >= 0.6 is 0 Å². The average molecular weight is 443 g/mol. The second kappa shape index (κ2) is 10.2. The second-order valence-corrected chi connectivity index (χ2v) is 7.38. The predicted molar refractivity (Wildman–Crippen MR) is 113 cm³/mol. The van der Waals surface area contributed by atoms with Crippen LogP contribution in [-0.4, -0.2) is 68.8 Å². The molecule has 10 nitrogen and oxygen atoms in total. The summed E-state index contributed by atoms with van der Waals surface area (Å²) in [4.78, 5) is 31.5. The predicted octanol–water partition coefficient (Wildman–Crippen LogP) is 1.89. The van der Waals surface area contributed by atoms with E-state index in [-0.39, 0.29) is 18.1 Å². The van der Waals surface area contributed by atoms with Crippen molar-refractivity contribution in [2.24, 2.45) is 4.99 Å². The first-order chi connectivity index (χ1) is 15.3. The molecule has 0 amide bonds. The number of aromatic nitrogens is 2. The summed E-state index contributed by atoms with van der Waals surface area (Å²) >= 11 is 0. The SMILES string of the molecule is CCOc1cc2c(cc1OC)C(c1cncnc1)=N[C@@H]1CC[C@@H](O)C[C@H]21.O=C(O)C(=O)O. The molecule has 1 aliphatic carbocycles. The van der Waals surface area contributed by atoms with Gasteiger partial charge in [-0.2, -0.15) is 0 Å². The molecule has 2 heterocycles. The Hall–Kier alpha value is -3.53. The number of rotatable bonds is 4. The number of benzene rings is 1. The first kappa shape index (κ1) is 23.1. The Morgan fingerprint density at radius 3 is 2.38 bits per heavy atom. The molecule has 1 aromatic carbocycles. The van der Waals surface area contributed by atoms with E-state index in [1.54, 1.807) is 19.5 Å². The van der Waals surface area contributed by atoms with Crippen LogP contribution in [0.1, 0.15) is 48.8 Å². The molecular formula is C22H25N3O7. The first-order valence-electron chi connectivity index (χ1n) is 10.2. The van der Waals surface area contributed by atoms with Gasteiger partial charge in [0.05, 0.1) is 31.6 Å². The number of aliphatic hydroxyl groups excluding tert-OH is 1. The van der Waals surface area contributed by atoms with Crippen molar-refractivity contribution >= 4 is 17.7 Å². The van der Waals surface area contributed by atoms with Crippen molar-refractivity contribution in [2.75, 3.05) is 13.7 Å². The number of nitrogens with zero attached hydrogens (tertiary/aromatic N) is 3. The van der Waals surface area contributed by atoms with Crippen molar-refractivity contribution in [3.05, 3.63) is 47.5 Å². The van der Waals surface area contributed by atoms with Crippen molar-refractivity contribution in [2.45, 2.75) is 44.2 Å². The molecular weight excluding hydrogens is 418 g/mol. The Morgan fingerprint density at radius 1 is 1.09 bits per heavy atom. The van der Waals surface area contributed by atoms with Crippen molar-refractivity contribution in [1.29, 1.82) is 0 Å². The summed E-state index contributed by atoms with van der Waals surface area (Å²) in [7, 11) is 1.64. The molecule has 1 saturated carbocycles. The molecule has 1 aromatic heterocycles. The largest absolute Gasteiger partial charge is 0.493 e. The normalized spacial score (nSPS) is 21.1. The molecule has 170 valence electrons. The highest BCUT2D eigenvalue weighted by molar-refractivity contribution is 6.27. The van der Waals surface area contributed by atoms with Crippen LogP contribution in [0.4, 0.5) is 0 Å². The van der Waals surface area contributed by atoms with E-state index in [1.165, 1.54) is 6.33 Å². The highest BCUT2D eigenvalue weighted by Gasteiger charge is 2.37. The molecule has 0 bridgehead atoms. The summed E-state index contributed by atoms with van der Waals surface area (Å²) < 4.78 is 11.3. The summed E-state index contributed by atoms with van der Waals surface area (Å²) in [6.07, 6.45) is 7.20. The van der Waals surface area contributed by atoms with Crippen LogP contribution in [0.2, 0.25) is 0 Å². The third-order valence-electron chi connectivity index (χ3n) is 5.39. The van der Waals surface area contributed by atoms with Gasteiger partial charge in [0.2, 0.25) is 0 Å². The summed E-state index contributed by atoms with van der Waals surface area (Å²) in [6, 6.07) is 4.21. The maximum atomic E-state index is 10.2. The number of aliphatic hydroxyl groups is 1. The number of hydrogen-bond donors (Lipinski definition) is 3. The maximum absolute atomic E-state index is 10.2. The Bertz CT molecular complexity index is 998. The van der Waals surface area contributed by atoms with Crippen molar-refractivity contribution in [3.8, 4) is 11.5 Å². The molecule has 10 heteroatoms. The zero-order chi connectivity index (χ0) is 23.3. The first-order valence-corrected chi connectivity index (χ1v) is 10.2. The molecule has 2 aromatic rings. The van der Waals surface area contributed by atoms with Gasteiger partial charge in [0.15, 0.2) is 11.5 Å². The lowest BCUT2D eigenvalue weighted by atomic mass is 9.74. The third kappa shape index (κ3) is 5.02. The topological polar surface area (TPSA) is 151 Å². The summed E-state index contributed by atoms with van der Waals surface area (Å²) in [5.74, 6) is -2.04. The number of hydrogen-bond acceptors (Lipinski definition) is 8. The molecule has 3 N–H and O–H groups in total. The van der Waals surface area contributed by atoms with Gasteiger partial charge < -0.3 is 24.8 Å². The molecule has 0 unspecified atom stereocenters. The fourth-order valence-corrected chi connectivity index (χ4v) is 4.02.